The fraction of sp³-hybridized carbons (Fsp3) is 0.455. The molecule has 1 aromatic carbocycles. The first kappa shape index (κ1) is 15.5. The average Bonchev–Trinajstić information content (AvgIpc) is 2.27. The zero-order valence-corrected chi connectivity index (χ0v) is 11.7. The second kappa shape index (κ2) is 5.64. The van der Waals surface area contributed by atoms with E-state index >= 15 is 0 Å². The maximum Gasteiger partial charge on any atom is 0.273 e. The molecule has 0 aliphatic heterocycles. The van der Waals surface area contributed by atoms with Crippen molar-refractivity contribution in [2.45, 2.75) is 24.8 Å². The van der Waals surface area contributed by atoms with Gasteiger partial charge in [0, 0.05) is 25.2 Å². The summed E-state index contributed by atoms with van der Waals surface area (Å²) < 4.78 is 25.3. The Labute approximate surface area is 111 Å². The van der Waals surface area contributed by atoms with Crippen molar-refractivity contribution >= 4 is 15.7 Å². The van der Waals surface area contributed by atoms with Crippen molar-refractivity contribution in [3.63, 3.8) is 0 Å². The van der Waals surface area contributed by atoms with Crippen LogP contribution in [0.15, 0.2) is 23.1 Å². The second-order valence-electron chi connectivity index (χ2n) is 4.34. The normalized spacial score (nSPS) is 13.5. The summed E-state index contributed by atoms with van der Waals surface area (Å²) in [6, 6.07) is 3.74. The van der Waals surface area contributed by atoms with Gasteiger partial charge in [-0.15, -0.1) is 0 Å². The lowest BCUT2D eigenvalue weighted by molar-refractivity contribution is -0.385. The number of rotatable bonds is 5. The zero-order valence-electron chi connectivity index (χ0n) is 10.9. The fourth-order valence-corrected chi connectivity index (χ4v) is 2.87. The number of hydrogen-bond donors (Lipinski definition) is 1. The van der Waals surface area contributed by atoms with E-state index in [9.17, 15) is 23.6 Å². The topological polar surface area (TPSA) is 101 Å². The molecule has 7 nitrogen and oxygen atoms in total. The van der Waals surface area contributed by atoms with Crippen LogP contribution < -0.4 is 0 Å². The minimum absolute atomic E-state index is 0.0794. The molecule has 0 amide bonds. The van der Waals surface area contributed by atoms with E-state index < -0.39 is 21.1 Å². The Bertz CT molecular complexity index is 583. The first-order chi connectivity index (χ1) is 8.66. The third-order valence-corrected chi connectivity index (χ3v) is 4.43. The highest BCUT2D eigenvalue weighted by molar-refractivity contribution is 7.89. The number of benzene rings is 1. The van der Waals surface area contributed by atoms with Crippen LogP contribution in [0.25, 0.3) is 0 Å². The summed E-state index contributed by atoms with van der Waals surface area (Å²) in [6.07, 6.45) is -0.819. The molecule has 0 aliphatic rings. The smallest absolute Gasteiger partial charge is 0.273 e. The van der Waals surface area contributed by atoms with Crippen molar-refractivity contribution in [1.82, 2.24) is 4.31 Å². The number of likely N-dealkylation sites (N-methyl/N-ethyl adjacent to an activating group) is 1. The Morgan fingerprint density at radius 1 is 1.47 bits per heavy atom. The maximum atomic E-state index is 12.1. The molecule has 0 heterocycles. The third-order valence-electron chi connectivity index (χ3n) is 2.61. The van der Waals surface area contributed by atoms with Gasteiger partial charge in [0.05, 0.1) is 15.9 Å². The highest BCUT2D eigenvalue weighted by atomic mass is 32.2. The lowest BCUT2D eigenvalue weighted by Crippen LogP contribution is -2.33. The van der Waals surface area contributed by atoms with Gasteiger partial charge in [-0.25, -0.2) is 8.42 Å². The largest absolute Gasteiger partial charge is 0.392 e. The Kier molecular flexibility index (Phi) is 4.61. The predicted molar refractivity (Wildman–Crippen MR) is 69.3 cm³/mol. The summed E-state index contributed by atoms with van der Waals surface area (Å²) in [5.74, 6) is 0. The van der Waals surface area contributed by atoms with E-state index in [2.05, 4.69) is 0 Å². The van der Waals surface area contributed by atoms with E-state index in [-0.39, 0.29) is 17.1 Å². The highest BCUT2D eigenvalue weighted by Crippen LogP contribution is 2.24. The van der Waals surface area contributed by atoms with Gasteiger partial charge in [-0.2, -0.15) is 4.31 Å². The molecule has 0 fully saturated rings. The van der Waals surface area contributed by atoms with Gasteiger partial charge in [0.15, 0.2) is 0 Å². The molecule has 19 heavy (non-hydrogen) atoms. The maximum absolute atomic E-state index is 12.1. The van der Waals surface area contributed by atoms with E-state index in [0.717, 1.165) is 10.4 Å². The van der Waals surface area contributed by atoms with Crippen LogP contribution in [0.2, 0.25) is 0 Å². The van der Waals surface area contributed by atoms with Crippen LogP contribution in [0, 0.1) is 17.0 Å². The van der Waals surface area contributed by atoms with Crippen molar-refractivity contribution in [2.24, 2.45) is 0 Å². The molecule has 0 aromatic heterocycles. The quantitative estimate of drug-likeness (QED) is 0.641. The van der Waals surface area contributed by atoms with E-state index in [0.29, 0.717) is 5.56 Å². The summed E-state index contributed by atoms with van der Waals surface area (Å²) in [4.78, 5) is 10.0. The standard InChI is InChI=1S/C11H16N2O5S/c1-8-4-5-10(6-11(8)13(15)16)19(17,18)12(3)7-9(2)14/h4-6,9,14H,7H2,1-3H3. The molecular weight excluding hydrogens is 272 g/mol. The van der Waals surface area contributed by atoms with E-state index in [4.69, 9.17) is 0 Å². The second-order valence-corrected chi connectivity index (χ2v) is 6.38. The molecule has 1 atom stereocenters. The molecule has 0 radical (unpaired) electrons. The predicted octanol–water partition coefficient (Wildman–Crippen LogP) is 0.905. The molecule has 1 unspecified atom stereocenters. The Hall–Kier alpha value is -1.51. The molecule has 0 saturated carbocycles. The van der Waals surface area contributed by atoms with Crippen molar-refractivity contribution in [2.75, 3.05) is 13.6 Å². The summed E-state index contributed by atoms with van der Waals surface area (Å²) in [5.41, 5.74) is 0.147. The summed E-state index contributed by atoms with van der Waals surface area (Å²) >= 11 is 0. The van der Waals surface area contributed by atoms with E-state index in [1.807, 2.05) is 0 Å². The highest BCUT2D eigenvalue weighted by Gasteiger charge is 2.24. The molecule has 0 aliphatic carbocycles. The third kappa shape index (κ3) is 3.49. The Morgan fingerprint density at radius 3 is 2.53 bits per heavy atom. The first-order valence-electron chi connectivity index (χ1n) is 5.55. The van der Waals surface area contributed by atoms with Crippen LogP contribution in [0.1, 0.15) is 12.5 Å². The fourth-order valence-electron chi connectivity index (χ4n) is 1.60. The molecule has 0 saturated heterocycles. The molecule has 1 aromatic rings. The van der Waals surface area contributed by atoms with Gasteiger partial charge in [0.25, 0.3) is 5.69 Å². The Balaban J connectivity index is 3.22. The number of aliphatic hydroxyl groups is 1. The molecule has 1 N–H and O–H groups in total. The molecule has 106 valence electrons. The number of nitro benzene ring substituents is 1. The number of aliphatic hydroxyl groups excluding tert-OH is 1. The van der Waals surface area contributed by atoms with Crippen molar-refractivity contribution in [3.8, 4) is 0 Å². The van der Waals surface area contributed by atoms with Crippen LogP contribution >= 0.6 is 0 Å². The molecule has 0 spiro atoms. The molecule has 0 bridgehead atoms. The van der Waals surface area contributed by atoms with Crippen LogP contribution in [0.4, 0.5) is 5.69 Å². The first-order valence-corrected chi connectivity index (χ1v) is 6.99. The SMILES string of the molecule is Cc1ccc(S(=O)(=O)N(C)CC(C)O)cc1[N+](=O)[O-]. The van der Waals surface area contributed by atoms with Crippen LogP contribution in [-0.4, -0.2) is 42.4 Å². The molecule has 1 rings (SSSR count). The lowest BCUT2D eigenvalue weighted by Gasteiger charge is -2.18. The number of nitrogens with zero attached hydrogens (tertiary/aromatic N) is 2. The monoisotopic (exact) mass is 288 g/mol. The van der Waals surface area contributed by atoms with Crippen molar-refractivity contribution in [1.29, 1.82) is 0 Å². The zero-order chi connectivity index (χ0) is 14.8. The number of hydrogen-bond acceptors (Lipinski definition) is 5. The van der Waals surface area contributed by atoms with Gasteiger partial charge in [-0.1, -0.05) is 6.07 Å². The van der Waals surface area contributed by atoms with Crippen molar-refractivity contribution in [3.05, 3.63) is 33.9 Å². The number of aryl methyl sites for hydroxylation is 1. The summed E-state index contributed by atoms with van der Waals surface area (Å²) in [6.45, 7) is 2.92. The average molecular weight is 288 g/mol. The minimum atomic E-state index is -3.84. The number of nitro groups is 1. The van der Waals surface area contributed by atoms with Crippen LogP contribution in [0.3, 0.4) is 0 Å². The van der Waals surface area contributed by atoms with E-state index in [1.54, 1.807) is 0 Å². The lowest BCUT2D eigenvalue weighted by atomic mass is 10.2. The Morgan fingerprint density at radius 2 is 2.05 bits per heavy atom. The van der Waals surface area contributed by atoms with Gasteiger partial charge >= 0.3 is 0 Å². The molecular formula is C11H16N2O5S. The number of sulfonamides is 1. The summed E-state index contributed by atoms with van der Waals surface area (Å²) in [7, 11) is -2.52. The van der Waals surface area contributed by atoms with Gasteiger partial charge in [0.2, 0.25) is 10.0 Å². The summed E-state index contributed by atoms with van der Waals surface area (Å²) in [5, 5.41) is 20.0. The van der Waals surface area contributed by atoms with Crippen molar-refractivity contribution < 1.29 is 18.4 Å². The van der Waals surface area contributed by atoms with E-state index in [1.165, 1.54) is 33.0 Å². The minimum Gasteiger partial charge on any atom is -0.392 e. The van der Waals surface area contributed by atoms with Gasteiger partial charge in [-0.05, 0) is 19.9 Å². The van der Waals surface area contributed by atoms with Crippen LogP contribution in [-0.2, 0) is 10.0 Å². The van der Waals surface area contributed by atoms with Crippen LogP contribution in [0.5, 0.6) is 0 Å². The van der Waals surface area contributed by atoms with Gasteiger partial charge < -0.3 is 5.11 Å². The molecule has 8 heteroatoms. The van der Waals surface area contributed by atoms with Gasteiger partial charge in [-0.3, -0.25) is 10.1 Å². The van der Waals surface area contributed by atoms with Gasteiger partial charge in [0.1, 0.15) is 0 Å².